The van der Waals surface area contributed by atoms with Crippen LogP contribution in [-0.4, -0.2) is 47.8 Å². The van der Waals surface area contributed by atoms with Gasteiger partial charge in [-0.1, -0.05) is 0 Å². The van der Waals surface area contributed by atoms with Crippen molar-refractivity contribution in [1.29, 1.82) is 0 Å². The largest absolute Gasteiger partial charge is 0.399 e. The van der Waals surface area contributed by atoms with Crippen LogP contribution >= 0.6 is 0 Å². The van der Waals surface area contributed by atoms with E-state index in [4.69, 9.17) is 10.5 Å². The molecule has 0 unspecified atom stereocenters. The number of rotatable bonds is 6. The summed E-state index contributed by atoms with van der Waals surface area (Å²) in [6, 6.07) is 5.38. The van der Waals surface area contributed by atoms with Crippen molar-refractivity contribution in [3.05, 3.63) is 23.9 Å². The van der Waals surface area contributed by atoms with E-state index in [2.05, 4.69) is 10.2 Å². The summed E-state index contributed by atoms with van der Waals surface area (Å²) in [6.07, 6.45) is 2.55. The second kappa shape index (κ2) is 5.73. The van der Waals surface area contributed by atoms with E-state index in [0.29, 0.717) is 24.5 Å². The number of likely N-dealkylation sites (N-methyl/N-ethyl adjacent to an activating group) is 1. The van der Waals surface area contributed by atoms with Gasteiger partial charge in [0.25, 0.3) is 5.91 Å². The predicted molar refractivity (Wildman–Crippen MR) is 81.0 cm³/mol. The third-order valence-corrected chi connectivity index (χ3v) is 3.76. The number of aromatic amines is 1. The Morgan fingerprint density at radius 2 is 2.33 bits per heavy atom. The number of nitrogens with two attached hydrogens (primary N) is 1. The molecule has 1 aromatic carbocycles. The molecule has 1 aliphatic carbocycles. The summed E-state index contributed by atoms with van der Waals surface area (Å²) < 4.78 is 5.56. The number of hydrogen-bond donors (Lipinski definition) is 2. The fourth-order valence-corrected chi connectivity index (χ4v) is 2.21. The molecule has 6 nitrogen and oxygen atoms in total. The first kappa shape index (κ1) is 13.9. The first-order valence-electron chi connectivity index (χ1n) is 7.22. The molecule has 0 radical (unpaired) electrons. The molecule has 1 aromatic heterocycles. The van der Waals surface area contributed by atoms with E-state index in [1.807, 2.05) is 6.07 Å². The highest BCUT2D eigenvalue weighted by Gasteiger charge is 2.22. The lowest BCUT2D eigenvalue weighted by Crippen LogP contribution is -2.30. The van der Waals surface area contributed by atoms with E-state index in [-0.39, 0.29) is 5.91 Å². The third kappa shape index (κ3) is 3.16. The average molecular weight is 288 g/mol. The SMILES string of the molecule is CN(CCOCC1CC1)C(=O)c1n[nH]c2ccc(N)cc12. The first-order chi connectivity index (χ1) is 10.1. The summed E-state index contributed by atoms with van der Waals surface area (Å²) in [5.41, 5.74) is 7.61. The van der Waals surface area contributed by atoms with Gasteiger partial charge in [0.15, 0.2) is 5.69 Å². The van der Waals surface area contributed by atoms with E-state index in [9.17, 15) is 4.79 Å². The number of nitrogens with one attached hydrogen (secondary N) is 1. The Hall–Kier alpha value is -2.08. The number of anilines is 1. The smallest absolute Gasteiger partial charge is 0.274 e. The fraction of sp³-hybridized carbons (Fsp3) is 0.467. The van der Waals surface area contributed by atoms with Gasteiger partial charge < -0.3 is 15.4 Å². The van der Waals surface area contributed by atoms with Crippen LogP contribution in [0.5, 0.6) is 0 Å². The Balaban J connectivity index is 1.63. The molecule has 2 aromatic rings. The molecule has 0 aliphatic heterocycles. The van der Waals surface area contributed by atoms with Crippen molar-refractivity contribution in [3.63, 3.8) is 0 Å². The van der Waals surface area contributed by atoms with Crippen molar-refractivity contribution in [2.45, 2.75) is 12.8 Å². The van der Waals surface area contributed by atoms with E-state index in [0.717, 1.165) is 23.4 Å². The standard InChI is InChI=1S/C15H20N4O2/c1-19(6-7-21-9-10-2-3-10)15(20)14-12-8-11(16)4-5-13(12)17-18-14/h4-5,8,10H,2-3,6-7,9,16H2,1H3,(H,17,18). The lowest BCUT2D eigenvalue weighted by molar-refractivity contribution is 0.0677. The molecule has 21 heavy (non-hydrogen) atoms. The zero-order valence-corrected chi connectivity index (χ0v) is 12.1. The molecule has 3 rings (SSSR count). The molecule has 0 bridgehead atoms. The minimum absolute atomic E-state index is 0.123. The number of aromatic nitrogens is 2. The molecule has 0 spiro atoms. The van der Waals surface area contributed by atoms with Gasteiger partial charge in [-0.3, -0.25) is 9.89 Å². The van der Waals surface area contributed by atoms with Crippen LogP contribution in [0.25, 0.3) is 10.9 Å². The van der Waals surface area contributed by atoms with Crippen LogP contribution in [0.2, 0.25) is 0 Å². The molecule has 1 aliphatic rings. The Kier molecular flexibility index (Phi) is 3.79. The van der Waals surface area contributed by atoms with Crippen molar-refractivity contribution in [2.24, 2.45) is 5.92 Å². The number of carbonyl (C=O) groups excluding carboxylic acids is 1. The minimum atomic E-state index is -0.123. The van der Waals surface area contributed by atoms with Crippen LogP contribution < -0.4 is 5.73 Å². The lowest BCUT2D eigenvalue weighted by Gasteiger charge is -2.16. The Labute approximate surface area is 123 Å². The Morgan fingerprint density at radius 3 is 3.10 bits per heavy atom. The highest BCUT2D eigenvalue weighted by molar-refractivity contribution is 6.05. The van der Waals surface area contributed by atoms with E-state index in [1.165, 1.54) is 12.8 Å². The van der Waals surface area contributed by atoms with Crippen LogP contribution in [0.3, 0.4) is 0 Å². The molecule has 1 amide bonds. The van der Waals surface area contributed by atoms with E-state index >= 15 is 0 Å². The number of benzene rings is 1. The van der Waals surface area contributed by atoms with Crippen LogP contribution in [0.15, 0.2) is 18.2 Å². The number of hydrogen-bond acceptors (Lipinski definition) is 4. The summed E-state index contributed by atoms with van der Waals surface area (Å²) in [6.45, 7) is 1.93. The van der Waals surface area contributed by atoms with Crippen molar-refractivity contribution >= 4 is 22.5 Å². The molecule has 0 atom stereocenters. The number of nitrogens with zero attached hydrogens (tertiary/aromatic N) is 2. The van der Waals surface area contributed by atoms with Crippen LogP contribution in [0.1, 0.15) is 23.3 Å². The molecular formula is C15H20N4O2. The number of ether oxygens (including phenoxy) is 1. The van der Waals surface area contributed by atoms with Gasteiger partial charge in [-0.15, -0.1) is 0 Å². The van der Waals surface area contributed by atoms with Crippen molar-refractivity contribution in [1.82, 2.24) is 15.1 Å². The summed E-state index contributed by atoms with van der Waals surface area (Å²) in [5, 5.41) is 7.72. The van der Waals surface area contributed by atoms with Crippen molar-refractivity contribution in [2.75, 3.05) is 32.5 Å². The molecule has 112 valence electrons. The van der Waals surface area contributed by atoms with Crippen LogP contribution in [0.4, 0.5) is 5.69 Å². The summed E-state index contributed by atoms with van der Waals surface area (Å²) in [7, 11) is 1.76. The summed E-state index contributed by atoms with van der Waals surface area (Å²) >= 11 is 0. The molecule has 0 saturated heterocycles. The number of amides is 1. The monoisotopic (exact) mass is 288 g/mol. The summed E-state index contributed by atoms with van der Waals surface area (Å²) in [4.78, 5) is 14.0. The predicted octanol–water partition coefficient (Wildman–Crippen LogP) is 1.64. The highest BCUT2D eigenvalue weighted by atomic mass is 16.5. The molecule has 3 N–H and O–H groups in total. The Bertz CT molecular complexity index is 648. The number of carbonyl (C=O) groups is 1. The maximum absolute atomic E-state index is 12.4. The number of H-pyrrole nitrogens is 1. The maximum atomic E-state index is 12.4. The van der Waals surface area contributed by atoms with Gasteiger partial charge >= 0.3 is 0 Å². The second-order valence-electron chi connectivity index (χ2n) is 5.62. The van der Waals surface area contributed by atoms with Gasteiger partial charge in [0.1, 0.15) is 0 Å². The lowest BCUT2D eigenvalue weighted by atomic mass is 10.2. The topological polar surface area (TPSA) is 84.2 Å². The van der Waals surface area contributed by atoms with Gasteiger partial charge in [-0.25, -0.2) is 0 Å². The quantitative estimate of drug-likeness (QED) is 0.625. The third-order valence-electron chi connectivity index (χ3n) is 3.76. The fourth-order valence-electron chi connectivity index (χ4n) is 2.21. The maximum Gasteiger partial charge on any atom is 0.274 e. The molecule has 6 heteroatoms. The second-order valence-corrected chi connectivity index (χ2v) is 5.62. The van der Waals surface area contributed by atoms with Gasteiger partial charge in [0.2, 0.25) is 0 Å². The van der Waals surface area contributed by atoms with Crippen LogP contribution in [0, 0.1) is 5.92 Å². The zero-order valence-electron chi connectivity index (χ0n) is 12.1. The van der Waals surface area contributed by atoms with Crippen molar-refractivity contribution < 1.29 is 9.53 Å². The number of nitrogen functional groups attached to an aromatic ring is 1. The zero-order chi connectivity index (χ0) is 14.8. The number of fused-ring (bicyclic) bond motifs is 1. The van der Waals surface area contributed by atoms with Gasteiger partial charge in [0, 0.05) is 31.3 Å². The average Bonchev–Trinajstić information content (AvgIpc) is 3.21. The van der Waals surface area contributed by atoms with E-state index < -0.39 is 0 Å². The molecule has 1 heterocycles. The van der Waals surface area contributed by atoms with Gasteiger partial charge in [-0.2, -0.15) is 5.10 Å². The Morgan fingerprint density at radius 1 is 1.52 bits per heavy atom. The highest BCUT2D eigenvalue weighted by Crippen LogP contribution is 2.28. The van der Waals surface area contributed by atoms with Crippen molar-refractivity contribution in [3.8, 4) is 0 Å². The molecular weight excluding hydrogens is 268 g/mol. The normalized spacial score (nSPS) is 14.5. The van der Waals surface area contributed by atoms with Crippen LogP contribution in [-0.2, 0) is 4.74 Å². The van der Waals surface area contributed by atoms with E-state index in [1.54, 1.807) is 24.1 Å². The summed E-state index contributed by atoms with van der Waals surface area (Å²) in [5.74, 6) is 0.617. The van der Waals surface area contributed by atoms with Gasteiger partial charge in [0.05, 0.1) is 12.1 Å². The minimum Gasteiger partial charge on any atom is -0.399 e. The molecule has 1 fully saturated rings. The first-order valence-corrected chi connectivity index (χ1v) is 7.22. The molecule has 1 saturated carbocycles. The van der Waals surface area contributed by atoms with Gasteiger partial charge in [-0.05, 0) is 37.0 Å².